The van der Waals surface area contributed by atoms with E-state index in [4.69, 9.17) is 10.8 Å². The summed E-state index contributed by atoms with van der Waals surface area (Å²) in [5.41, 5.74) is 5.22. The Balaban J connectivity index is 2.42. The van der Waals surface area contributed by atoms with Gasteiger partial charge in [0, 0.05) is 33.1 Å². The van der Waals surface area contributed by atoms with Crippen molar-refractivity contribution in [3.05, 3.63) is 0 Å². The van der Waals surface area contributed by atoms with Crippen LogP contribution in [0.4, 0.5) is 4.79 Å². The summed E-state index contributed by atoms with van der Waals surface area (Å²) < 4.78 is 0. The van der Waals surface area contributed by atoms with Crippen LogP contribution in [0.2, 0.25) is 0 Å². The number of nitrogens with two attached hydrogens (primary N) is 1. The Kier molecular flexibility index (Phi) is 5.59. The van der Waals surface area contributed by atoms with Crippen LogP contribution in [0.25, 0.3) is 0 Å². The second-order valence-corrected chi connectivity index (χ2v) is 4.88. The highest BCUT2D eigenvalue weighted by atomic mass is 16.4. The minimum atomic E-state index is -0.863. The third kappa shape index (κ3) is 4.76. The van der Waals surface area contributed by atoms with E-state index in [0.29, 0.717) is 26.1 Å². The van der Waals surface area contributed by atoms with Crippen molar-refractivity contribution in [2.75, 3.05) is 26.7 Å². The number of piperidine rings is 1. The number of carboxylic acid groups (broad SMARTS) is 1. The summed E-state index contributed by atoms with van der Waals surface area (Å²) in [6, 6.07) is -0.494. The molecule has 1 aliphatic rings. The van der Waals surface area contributed by atoms with Gasteiger partial charge in [0.2, 0.25) is 5.91 Å². The minimum absolute atomic E-state index is 0.0451. The zero-order chi connectivity index (χ0) is 14.4. The van der Waals surface area contributed by atoms with Gasteiger partial charge in [0.1, 0.15) is 0 Å². The SMILES string of the molecule is CN(CCCC(=O)O)C(=O)C1CCCN(C(N)=O)C1. The minimum Gasteiger partial charge on any atom is -0.481 e. The van der Waals surface area contributed by atoms with E-state index < -0.39 is 12.0 Å². The second kappa shape index (κ2) is 6.96. The number of urea groups is 1. The Hall–Kier alpha value is -1.79. The molecule has 1 fully saturated rings. The van der Waals surface area contributed by atoms with Crippen LogP contribution in [-0.2, 0) is 9.59 Å². The average molecular weight is 271 g/mol. The third-order valence-electron chi connectivity index (χ3n) is 3.34. The number of nitrogens with zero attached hydrogens (tertiary/aromatic N) is 2. The van der Waals surface area contributed by atoms with Gasteiger partial charge in [0.15, 0.2) is 0 Å². The van der Waals surface area contributed by atoms with Crippen molar-refractivity contribution in [2.45, 2.75) is 25.7 Å². The van der Waals surface area contributed by atoms with Crippen molar-refractivity contribution in [1.82, 2.24) is 9.80 Å². The normalized spacial score (nSPS) is 19.0. The molecule has 0 aliphatic carbocycles. The van der Waals surface area contributed by atoms with Crippen molar-refractivity contribution in [2.24, 2.45) is 11.7 Å². The zero-order valence-electron chi connectivity index (χ0n) is 11.2. The van der Waals surface area contributed by atoms with Crippen molar-refractivity contribution in [3.8, 4) is 0 Å². The highest BCUT2D eigenvalue weighted by molar-refractivity contribution is 5.80. The molecule has 0 aromatic carbocycles. The van der Waals surface area contributed by atoms with Gasteiger partial charge in [-0.2, -0.15) is 0 Å². The Labute approximate surface area is 112 Å². The topological polar surface area (TPSA) is 104 Å². The maximum Gasteiger partial charge on any atom is 0.314 e. The molecular formula is C12H21N3O4. The first-order valence-electron chi connectivity index (χ1n) is 6.43. The van der Waals surface area contributed by atoms with Gasteiger partial charge in [0.05, 0.1) is 5.92 Å². The lowest BCUT2D eigenvalue weighted by molar-refractivity contribution is -0.139. The third-order valence-corrected chi connectivity index (χ3v) is 3.34. The van der Waals surface area contributed by atoms with Crippen LogP contribution in [0, 0.1) is 5.92 Å². The quantitative estimate of drug-likeness (QED) is 0.740. The van der Waals surface area contributed by atoms with Gasteiger partial charge in [-0.3, -0.25) is 9.59 Å². The Bertz CT molecular complexity index is 359. The molecule has 3 N–H and O–H groups in total. The average Bonchev–Trinajstić information content (AvgIpc) is 2.37. The largest absolute Gasteiger partial charge is 0.481 e. The molecule has 7 heteroatoms. The van der Waals surface area contributed by atoms with Crippen molar-refractivity contribution >= 4 is 17.9 Å². The van der Waals surface area contributed by atoms with Crippen molar-refractivity contribution in [3.63, 3.8) is 0 Å². The highest BCUT2D eigenvalue weighted by Gasteiger charge is 2.29. The van der Waals surface area contributed by atoms with Gasteiger partial charge < -0.3 is 20.6 Å². The van der Waals surface area contributed by atoms with Gasteiger partial charge in [-0.1, -0.05) is 0 Å². The fraction of sp³-hybridized carbons (Fsp3) is 0.750. The van der Waals surface area contributed by atoms with Gasteiger partial charge in [-0.15, -0.1) is 0 Å². The molecule has 0 aromatic rings. The molecule has 0 saturated carbocycles. The molecule has 7 nitrogen and oxygen atoms in total. The molecule has 0 spiro atoms. The summed E-state index contributed by atoms with van der Waals surface area (Å²) in [5.74, 6) is -1.13. The molecule has 0 radical (unpaired) electrons. The van der Waals surface area contributed by atoms with E-state index in [2.05, 4.69) is 0 Å². The molecule has 1 saturated heterocycles. The van der Waals surface area contributed by atoms with Crippen LogP contribution in [0.15, 0.2) is 0 Å². The molecule has 3 amide bonds. The fourth-order valence-corrected chi connectivity index (χ4v) is 2.27. The van der Waals surface area contributed by atoms with Crippen LogP contribution >= 0.6 is 0 Å². The lowest BCUT2D eigenvalue weighted by Crippen LogP contribution is -2.47. The van der Waals surface area contributed by atoms with Gasteiger partial charge in [0.25, 0.3) is 0 Å². The van der Waals surface area contributed by atoms with Crippen LogP contribution in [0.1, 0.15) is 25.7 Å². The van der Waals surface area contributed by atoms with E-state index in [1.54, 1.807) is 7.05 Å². The van der Waals surface area contributed by atoms with E-state index >= 15 is 0 Å². The number of hydrogen-bond donors (Lipinski definition) is 2. The summed E-state index contributed by atoms with van der Waals surface area (Å²) in [6.45, 7) is 1.37. The number of carbonyl (C=O) groups excluding carboxylic acids is 2. The Morgan fingerprint density at radius 2 is 2.11 bits per heavy atom. The maximum atomic E-state index is 12.1. The number of hydrogen-bond acceptors (Lipinski definition) is 3. The molecule has 0 aromatic heterocycles. The number of likely N-dealkylation sites (tertiary alicyclic amines) is 1. The van der Waals surface area contributed by atoms with Crippen LogP contribution < -0.4 is 5.73 Å². The number of rotatable bonds is 5. The predicted molar refractivity (Wildman–Crippen MR) is 68.4 cm³/mol. The molecule has 1 heterocycles. The van der Waals surface area contributed by atoms with Crippen LogP contribution in [-0.4, -0.2) is 59.5 Å². The van der Waals surface area contributed by atoms with E-state index in [-0.39, 0.29) is 18.2 Å². The molecule has 0 bridgehead atoms. The summed E-state index contributed by atoms with van der Waals surface area (Å²) in [4.78, 5) is 36.7. The number of amides is 3. The number of aliphatic carboxylic acids is 1. The van der Waals surface area contributed by atoms with E-state index in [1.807, 2.05) is 0 Å². The number of carboxylic acids is 1. The van der Waals surface area contributed by atoms with Gasteiger partial charge >= 0.3 is 12.0 Å². The number of carbonyl (C=O) groups is 3. The first kappa shape index (κ1) is 15.3. The summed E-state index contributed by atoms with van der Waals surface area (Å²) in [6.07, 6.45) is 1.99. The molecular weight excluding hydrogens is 250 g/mol. The predicted octanol–water partition coefficient (Wildman–Crippen LogP) is 0.100. The zero-order valence-corrected chi connectivity index (χ0v) is 11.2. The second-order valence-electron chi connectivity index (χ2n) is 4.88. The van der Waals surface area contributed by atoms with E-state index in [1.165, 1.54) is 9.80 Å². The lowest BCUT2D eigenvalue weighted by atomic mass is 9.97. The molecule has 1 unspecified atom stereocenters. The Morgan fingerprint density at radius 1 is 1.42 bits per heavy atom. The summed E-state index contributed by atoms with van der Waals surface area (Å²) in [7, 11) is 1.66. The van der Waals surface area contributed by atoms with Crippen LogP contribution in [0.3, 0.4) is 0 Å². The maximum absolute atomic E-state index is 12.1. The van der Waals surface area contributed by atoms with Gasteiger partial charge in [-0.25, -0.2) is 4.79 Å². The fourth-order valence-electron chi connectivity index (χ4n) is 2.27. The van der Waals surface area contributed by atoms with Crippen molar-refractivity contribution in [1.29, 1.82) is 0 Å². The van der Waals surface area contributed by atoms with Gasteiger partial charge in [-0.05, 0) is 19.3 Å². The number of primary amides is 1. The summed E-state index contributed by atoms with van der Waals surface area (Å²) >= 11 is 0. The molecule has 1 rings (SSSR count). The molecule has 1 aliphatic heterocycles. The first-order valence-corrected chi connectivity index (χ1v) is 6.43. The Morgan fingerprint density at radius 3 is 2.68 bits per heavy atom. The monoisotopic (exact) mass is 271 g/mol. The summed E-state index contributed by atoms with van der Waals surface area (Å²) in [5, 5.41) is 8.55. The highest BCUT2D eigenvalue weighted by Crippen LogP contribution is 2.18. The van der Waals surface area contributed by atoms with E-state index in [9.17, 15) is 14.4 Å². The molecule has 108 valence electrons. The van der Waals surface area contributed by atoms with Crippen molar-refractivity contribution < 1.29 is 19.5 Å². The molecule has 19 heavy (non-hydrogen) atoms. The van der Waals surface area contributed by atoms with Crippen LogP contribution in [0.5, 0.6) is 0 Å². The van der Waals surface area contributed by atoms with E-state index in [0.717, 1.165) is 12.8 Å². The smallest absolute Gasteiger partial charge is 0.314 e. The molecule has 1 atom stereocenters. The first-order chi connectivity index (χ1) is 8.91. The lowest BCUT2D eigenvalue weighted by Gasteiger charge is -2.32. The standard InChI is InChI=1S/C12H21N3O4/c1-14(6-3-5-10(16)17)11(18)9-4-2-7-15(8-9)12(13)19/h9H,2-8H2,1H3,(H2,13,19)(H,16,17).